The van der Waals surface area contributed by atoms with Gasteiger partial charge in [0.1, 0.15) is 5.75 Å². The van der Waals surface area contributed by atoms with Crippen LogP contribution in [0.2, 0.25) is 0 Å². The first-order valence-electron chi connectivity index (χ1n) is 12.3. The number of ether oxygens (including phenoxy) is 2. The molecule has 2 aliphatic heterocycles. The number of carbonyl (C=O) groups is 3. The molecule has 0 amide bonds. The third-order valence-electron chi connectivity index (χ3n) is 5.89. The van der Waals surface area contributed by atoms with Crippen LogP contribution >= 0.6 is 0 Å². The Morgan fingerprint density at radius 3 is 1.82 bits per heavy atom. The van der Waals surface area contributed by atoms with E-state index in [9.17, 15) is 39.5 Å². The van der Waals surface area contributed by atoms with Crippen LogP contribution in [-0.2, 0) is 25.7 Å². The molecule has 0 saturated carbocycles. The minimum absolute atomic E-state index is 0.0844. The zero-order valence-electron chi connectivity index (χ0n) is 22.8. The number of halogens is 9. The summed E-state index contributed by atoms with van der Waals surface area (Å²) in [6.45, 7) is 4.58. The number of hydrogen-bond donors (Lipinski definition) is 3. The smallest absolute Gasteiger partial charge is 0.490 e. The standard InChI is InChI=1S/C19H23N3O2.3C2HF3O2/c1-2-17(12-21-7-1)24-15-19-6-11-23-18(19)5-10-22(14-19)13-16-3-8-20-9-4-16;3*3-2(4,5)1(6)7/h1-4,7-9,12,18H,5-6,10-11,13-15H2;3*(H,6,7)/t18-,19+;;;/m1.../s1. The van der Waals surface area contributed by atoms with Gasteiger partial charge in [-0.3, -0.25) is 14.9 Å². The van der Waals surface area contributed by atoms with Crippen molar-refractivity contribution < 1.29 is 78.7 Å². The van der Waals surface area contributed by atoms with Crippen LogP contribution in [0.1, 0.15) is 18.4 Å². The molecule has 0 unspecified atom stereocenters. The normalized spacial score (nSPS) is 19.6. The van der Waals surface area contributed by atoms with E-state index in [1.807, 2.05) is 24.5 Å². The Labute approximate surface area is 248 Å². The number of aliphatic carboxylic acids is 3. The van der Waals surface area contributed by atoms with E-state index in [-0.39, 0.29) is 5.41 Å². The summed E-state index contributed by atoms with van der Waals surface area (Å²) in [6.07, 6.45) is -5.54. The molecule has 11 nitrogen and oxygen atoms in total. The Balaban J connectivity index is 0.000000396. The Bertz CT molecular complexity index is 1160. The highest BCUT2D eigenvalue weighted by molar-refractivity contribution is 5.73. The van der Waals surface area contributed by atoms with E-state index in [2.05, 4.69) is 27.0 Å². The third-order valence-corrected chi connectivity index (χ3v) is 5.89. The zero-order valence-corrected chi connectivity index (χ0v) is 22.8. The Kier molecular flexibility index (Phi) is 14.5. The molecule has 2 aromatic rings. The number of rotatable bonds is 5. The van der Waals surface area contributed by atoms with E-state index in [4.69, 9.17) is 39.2 Å². The number of fused-ring (bicyclic) bond motifs is 1. The number of alkyl halides is 9. The molecule has 20 heteroatoms. The number of likely N-dealkylation sites (tertiary alicyclic amines) is 1. The first kappa shape index (κ1) is 38.8. The zero-order chi connectivity index (χ0) is 34.5. The van der Waals surface area contributed by atoms with Crippen molar-refractivity contribution in [1.29, 1.82) is 0 Å². The van der Waals surface area contributed by atoms with Gasteiger partial charge < -0.3 is 24.8 Å². The van der Waals surface area contributed by atoms with Crippen molar-refractivity contribution in [1.82, 2.24) is 14.9 Å². The predicted octanol–water partition coefficient (Wildman–Crippen LogP) is 4.44. The van der Waals surface area contributed by atoms with Gasteiger partial charge in [-0.2, -0.15) is 39.5 Å². The van der Waals surface area contributed by atoms with Crippen molar-refractivity contribution in [2.45, 2.75) is 44.0 Å². The fraction of sp³-hybridized carbons (Fsp3) is 0.480. The van der Waals surface area contributed by atoms with E-state index in [0.717, 1.165) is 44.8 Å². The molecule has 2 atom stereocenters. The second-order valence-electron chi connectivity index (χ2n) is 9.21. The Morgan fingerprint density at radius 1 is 0.867 bits per heavy atom. The summed E-state index contributed by atoms with van der Waals surface area (Å²) in [6, 6.07) is 8.06. The molecule has 3 N–H and O–H groups in total. The van der Waals surface area contributed by atoms with E-state index < -0.39 is 36.4 Å². The molecular weight excluding hydrogens is 641 g/mol. The van der Waals surface area contributed by atoms with Gasteiger partial charge in [-0.05, 0) is 42.7 Å². The average Bonchev–Trinajstić information content (AvgIpc) is 3.36. The molecule has 252 valence electrons. The number of hydrogen-bond acceptors (Lipinski definition) is 8. The maximum atomic E-state index is 10.6. The van der Waals surface area contributed by atoms with E-state index >= 15 is 0 Å². The average molecular weight is 667 g/mol. The SMILES string of the molecule is O=C(O)C(F)(F)F.O=C(O)C(F)(F)F.O=C(O)C(F)(F)F.c1cncc(OC[C@@]23CCO[C@@H]2CCN(Cc2ccncc2)C3)c1. The lowest BCUT2D eigenvalue weighted by Gasteiger charge is -2.43. The molecule has 0 aliphatic carbocycles. The van der Waals surface area contributed by atoms with Crippen molar-refractivity contribution in [2.75, 3.05) is 26.3 Å². The molecule has 4 rings (SSSR count). The summed E-state index contributed by atoms with van der Waals surface area (Å²) < 4.78 is 107. The van der Waals surface area contributed by atoms with Gasteiger partial charge in [0.25, 0.3) is 0 Å². The van der Waals surface area contributed by atoms with Crippen LogP contribution in [0.5, 0.6) is 5.75 Å². The molecule has 0 bridgehead atoms. The van der Waals surface area contributed by atoms with Crippen molar-refractivity contribution in [3.05, 3.63) is 54.6 Å². The molecule has 2 aromatic heterocycles. The number of piperidine rings is 1. The highest BCUT2D eigenvalue weighted by atomic mass is 19.4. The monoisotopic (exact) mass is 667 g/mol. The summed E-state index contributed by atoms with van der Waals surface area (Å²) in [5.41, 5.74) is 1.40. The van der Waals surface area contributed by atoms with Crippen molar-refractivity contribution in [3.8, 4) is 5.75 Å². The maximum absolute atomic E-state index is 10.6. The van der Waals surface area contributed by atoms with Crippen molar-refractivity contribution in [2.24, 2.45) is 5.41 Å². The molecule has 0 radical (unpaired) electrons. The van der Waals surface area contributed by atoms with Gasteiger partial charge in [0.15, 0.2) is 0 Å². The largest absolute Gasteiger partial charge is 0.491 e. The first-order chi connectivity index (χ1) is 20.7. The van der Waals surface area contributed by atoms with Crippen LogP contribution < -0.4 is 4.74 Å². The molecule has 0 spiro atoms. The summed E-state index contributed by atoms with van der Waals surface area (Å²) >= 11 is 0. The lowest BCUT2D eigenvalue weighted by molar-refractivity contribution is -0.193. The van der Waals surface area contributed by atoms with Gasteiger partial charge >= 0.3 is 36.4 Å². The van der Waals surface area contributed by atoms with Gasteiger partial charge in [0.05, 0.1) is 18.9 Å². The minimum atomic E-state index is -5.08. The molecule has 2 aliphatic rings. The first-order valence-corrected chi connectivity index (χ1v) is 12.3. The van der Waals surface area contributed by atoms with Gasteiger partial charge in [-0.15, -0.1) is 0 Å². The van der Waals surface area contributed by atoms with Gasteiger partial charge in [-0.1, -0.05) is 0 Å². The summed E-state index contributed by atoms with van der Waals surface area (Å²) in [7, 11) is 0. The van der Waals surface area contributed by atoms with Gasteiger partial charge in [-0.25, -0.2) is 14.4 Å². The maximum Gasteiger partial charge on any atom is 0.490 e. The molecule has 2 saturated heterocycles. The van der Waals surface area contributed by atoms with Crippen LogP contribution in [-0.4, -0.2) is 99.0 Å². The number of aromatic nitrogens is 2. The van der Waals surface area contributed by atoms with Crippen LogP contribution in [0.4, 0.5) is 39.5 Å². The van der Waals surface area contributed by atoms with E-state index in [0.29, 0.717) is 12.7 Å². The van der Waals surface area contributed by atoms with E-state index in [1.54, 1.807) is 12.4 Å². The highest BCUT2D eigenvalue weighted by Crippen LogP contribution is 2.41. The van der Waals surface area contributed by atoms with Gasteiger partial charge in [0, 0.05) is 50.2 Å². The number of pyridine rings is 2. The lowest BCUT2D eigenvalue weighted by Crippen LogP contribution is -2.52. The third kappa shape index (κ3) is 14.4. The minimum Gasteiger partial charge on any atom is -0.491 e. The second kappa shape index (κ2) is 16.8. The van der Waals surface area contributed by atoms with Gasteiger partial charge in [0.2, 0.25) is 0 Å². The summed E-state index contributed by atoms with van der Waals surface area (Å²) in [4.78, 5) is 37.4. The molecule has 45 heavy (non-hydrogen) atoms. The highest BCUT2D eigenvalue weighted by Gasteiger charge is 2.48. The van der Waals surface area contributed by atoms with Crippen molar-refractivity contribution in [3.63, 3.8) is 0 Å². The van der Waals surface area contributed by atoms with Crippen LogP contribution in [0.3, 0.4) is 0 Å². The van der Waals surface area contributed by atoms with E-state index in [1.165, 1.54) is 5.56 Å². The van der Waals surface area contributed by atoms with Crippen LogP contribution in [0.15, 0.2) is 49.1 Å². The Hall–Kier alpha value is -4.20. The summed E-state index contributed by atoms with van der Waals surface area (Å²) in [5, 5.41) is 21.4. The lowest BCUT2D eigenvalue weighted by atomic mass is 9.77. The fourth-order valence-electron chi connectivity index (χ4n) is 3.89. The van der Waals surface area contributed by atoms with Crippen molar-refractivity contribution >= 4 is 17.9 Å². The fourth-order valence-corrected chi connectivity index (χ4v) is 3.89. The number of nitrogens with zero attached hydrogens (tertiary/aromatic N) is 3. The topological polar surface area (TPSA) is 159 Å². The predicted molar refractivity (Wildman–Crippen MR) is 132 cm³/mol. The van der Waals surface area contributed by atoms with Crippen LogP contribution in [0, 0.1) is 5.41 Å². The Morgan fingerprint density at radius 2 is 1.38 bits per heavy atom. The summed E-state index contributed by atoms with van der Waals surface area (Å²) in [5.74, 6) is -7.43. The molecule has 2 fully saturated rings. The molecular formula is C25H26F9N3O8. The number of carboxylic acids is 3. The quantitative estimate of drug-likeness (QED) is 0.387. The molecule has 4 heterocycles. The van der Waals surface area contributed by atoms with Crippen LogP contribution in [0.25, 0.3) is 0 Å². The second-order valence-corrected chi connectivity index (χ2v) is 9.21. The molecule has 0 aromatic carbocycles. The number of carboxylic acid groups (broad SMARTS) is 3.